The van der Waals surface area contributed by atoms with E-state index in [0.717, 1.165) is 11.1 Å². The zero-order chi connectivity index (χ0) is 9.42. The van der Waals surface area contributed by atoms with Crippen LogP contribution in [-0.4, -0.2) is 16.5 Å². The van der Waals surface area contributed by atoms with Crippen LogP contribution in [0.3, 0.4) is 0 Å². The van der Waals surface area contributed by atoms with E-state index in [9.17, 15) is 0 Å². The van der Waals surface area contributed by atoms with Crippen LogP contribution in [0.15, 0.2) is 18.6 Å². The average Bonchev–Trinajstić information content (AvgIpc) is 2.60. The van der Waals surface area contributed by atoms with Crippen molar-refractivity contribution >= 4 is 17.1 Å². The zero-order valence-electron chi connectivity index (χ0n) is 7.41. The first-order valence-corrected chi connectivity index (χ1v) is 4.27. The van der Waals surface area contributed by atoms with E-state index in [2.05, 4.69) is 4.98 Å². The maximum atomic E-state index is 6.01. The van der Waals surface area contributed by atoms with E-state index in [1.165, 1.54) is 0 Å². The minimum Gasteiger partial charge on any atom is -0.482 e. The Bertz CT molecular complexity index is 450. The number of pyridine rings is 1. The second kappa shape index (κ2) is 2.92. The van der Waals surface area contributed by atoms with Gasteiger partial charge in [-0.2, -0.15) is 0 Å². The molecule has 0 amide bonds. The van der Waals surface area contributed by atoms with Gasteiger partial charge >= 0.3 is 0 Å². The first-order chi connectivity index (χ1) is 6.24. The monoisotopic (exact) mass is 196 g/mol. The lowest BCUT2D eigenvalue weighted by atomic mass is 10.2. The number of aromatic nitrogens is 2. The second-order valence-corrected chi connectivity index (χ2v) is 3.22. The van der Waals surface area contributed by atoms with E-state index in [4.69, 9.17) is 16.3 Å². The van der Waals surface area contributed by atoms with Gasteiger partial charge < -0.3 is 4.74 Å². The van der Waals surface area contributed by atoms with E-state index in [1.807, 2.05) is 11.3 Å². The highest BCUT2D eigenvalue weighted by Gasteiger charge is 2.07. The van der Waals surface area contributed by atoms with Gasteiger partial charge in [0.1, 0.15) is 6.33 Å². The summed E-state index contributed by atoms with van der Waals surface area (Å²) in [6, 6.07) is 1.78. The van der Waals surface area contributed by atoms with Gasteiger partial charge in [-0.25, -0.2) is 4.98 Å². The number of nitrogens with zero attached hydrogens (tertiary/aromatic N) is 2. The number of halogens is 1. The smallest absolute Gasteiger partial charge is 0.200 e. The lowest BCUT2D eigenvalue weighted by Gasteiger charge is -2.07. The zero-order valence-corrected chi connectivity index (χ0v) is 8.17. The summed E-state index contributed by atoms with van der Waals surface area (Å²) in [6.45, 7) is 1.96. The van der Waals surface area contributed by atoms with Crippen LogP contribution in [0.1, 0.15) is 5.56 Å². The number of methoxy groups -OCH3 is 1. The van der Waals surface area contributed by atoms with Crippen LogP contribution in [0.2, 0.25) is 5.02 Å². The third-order valence-electron chi connectivity index (χ3n) is 2.08. The first kappa shape index (κ1) is 8.38. The van der Waals surface area contributed by atoms with E-state index in [0.29, 0.717) is 10.9 Å². The van der Waals surface area contributed by atoms with Crippen LogP contribution in [-0.2, 0) is 0 Å². The molecule has 0 unspecified atom stereocenters. The fourth-order valence-corrected chi connectivity index (χ4v) is 1.50. The van der Waals surface area contributed by atoms with Crippen LogP contribution >= 0.6 is 11.6 Å². The molecule has 0 N–H and O–H groups in total. The Hall–Kier alpha value is -1.22. The third kappa shape index (κ3) is 1.16. The van der Waals surface area contributed by atoms with Gasteiger partial charge in [0.25, 0.3) is 0 Å². The molecular weight excluding hydrogens is 188 g/mol. The molecule has 0 bridgehead atoms. The predicted molar refractivity (Wildman–Crippen MR) is 51.5 cm³/mol. The van der Waals surface area contributed by atoms with Gasteiger partial charge in [0.2, 0.25) is 5.88 Å². The molecule has 0 saturated heterocycles. The highest BCUT2D eigenvalue weighted by atomic mass is 35.5. The molecule has 0 fully saturated rings. The first-order valence-electron chi connectivity index (χ1n) is 3.89. The number of fused-ring (bicyclic) bond motifs is 1. The average molecular weight is 197 g/mol. The Morgan fingerprint density at radius 3 is 3.00 bits per heavy atom. The fraction of sp³-hybridized carbons (Fsp3) is 0.222. The molecule has 2 aromatic heterocycles. The van der Waals surface area contributed by atoms with Crippen molar-refractivity contribution in [3.8, 4) is 5.88 Å². The Morgan fingerprint density at radius 1 is 1.54 bits per heavy atom. The molecule has 0 saturated carbocycles. The summed E-state index contributed by atoms with van der Waals surface area (Å²) in [7, 11) is 1.61. The van der Waals surface area contributed by atoms with Crippen molar-refractivity contribution in [2.45, 2.75) is 6.92 Å². The molecule has 2 aromatic rings. The molecule has 68 valence electrons. The van der Waals surface area contributed by atoms with E-state index >= 15 is 0 Å². The van der Waals surface area contributed by atoms with Crippen molar-refractivity contribution in [3.63, 3.8) is 0 Å². The lowest BCUT2D eigenvalue weighted by Crippen LogP contribution is -1.94. The number of hydrogen-bond acceptors (Lipinski definition) is 2. The van der Waals surface area contributed by atoms with Crippen molar-refractivity contribution in [1.29, 1.82) is 0 Å². The Morgan fingerprint density at radius 2 is 2.31 bits per heavy atom. The van der Waals surface area contributed by atoms with Gasteiger partial charge in [-0.15, -0.1) is 0 Å². The summed E-state index contributed by atoms with van der Waals surface area (Å²) in [5, 5.41) is 0.699. The quantitative estimate of drug-likeness (QED) is 0.700. The normalized spacial score (nSPS) is 10.7. The van der Waals surface area contributed by atoms with E-state index in [-0.39, 0.29) is 0 Å². The molecule has 13 heavy (non-hydrogen) atoms. The number of ether oxygens (including phenoxy) is 1. The molecule has 0 aromatic carbocycles. The molecule has 0 aliphatic carbocycles. The maximum absolute atomic E-state index is 6.01. The van der Waals surface area contributed by atoms with Crippen LogP contribution < -0.4 is 4.74 Å². The molecule has 0 spiro atoms. The van der Waals surface area contributed by atoms with Gasteiger partial charge in [-0.1, -0.05) is 11.6 Å². The number of aryl methyl sites for hydroxylation is 1. The SMILES string of the molecule is COc1cc(Cl)c(C)c2cncn12. The maximum Gasteiger partial charge on any atom is 0.200 e. The molecular formula is C9H9ClN2O. The topological polar surface area (TPSA) is 26.5 Å². The highest BCUT2D eigenvalue weighted by Crippen LogP contribution is 2.25. The van der Waals surface area contributed by atoms with Gasteiger partial charge in [-0.05, 0) is 12.5 Å². The van der Waals surface area contributed by atoms with E-state index < -0.39 is 0 Å². The summed E-state index contributed by atoms with van der Waals surface area (Å²) in [5.41, 5.74) is 1.99. The van der Waals surface area contributed by atoms with Crippen molar-refractivity contribution in [2.24, 2.45) is 0 Å². The summed E-state index contributed by atoms with van der Waals surface area (Å²) in [5.74, 6) is 0.697. The Kier molecular flexibility index (Phi) is 1.88. The van der Waals surface area contributed by atoms with Crippen molar-refractivity contribution < 1.29 is 4.74 Å². The molecule has 0 radical (unpaired) electrons. The molecule has 2 heterocycles. The number of hydrogen-bond donors (Lipinski definition) is 0. The van der Waals surface area contributed by atoms with Gasteiger partial charge in [0, 0.05) is 6.07 Å². The Balaban J connectivity index is 2.87. The summed E-state index contributed by atoms with van der Waals surface area (Å²) >= 11 is 6.01. The Labute approximate surface area is 80.9 Å². The fourth-order valence-electron chi connectivity index (χ4n) is 1.31. The predicted octanol–water partition coefficient (Wildman–Crippen LogP) is 2.30. The molecule has 0 aliphatic rings. The van der Waals surface area contributed by atoms with Crippen LogP contribution in [0, 0.1) is 6.92 Å². The van der Waals surface area contributed by atoms with Crippen molar-refractivity contribution in [1.82, 2.24) is 9.38 Å². The molecule has 0 atom stereocenters. The highest BCUT2D eigenvalue weighted by molar-refractivity contribution is 6.31. The molecule has 4 heteroatoms. The third-order valence-corrected chi connectivity index (χ3v) is 2.47. The van der Waals surface area contributed by atoms with Crippen LogP contribution in [0.5, 0.6) is 5.88 Å². The molecule has 0 aliphatic heterocycles. The minimum absolute atomic E-state index is 0.697. The van der Waals surface area contributed by atoms with Gasteiger partial charge in [0.05, 0.1) is 23.8 Å². The number of imidazole rings is 1. The second-order valence-electron chi connectivity index (χ2n) is 2.81. The standard InChI is InChI=1S/C9H9ClN2O/c1-6-7(10)3-9(13-2)12-5-11-4-8(6)12/h3-5H,1-2H3. The summed E-state index contributed by atoms with van der Waals surface area (Å²) in [6.07, 6.45) is 3.47. The summed E-state index contributed by atoms with van der Waals surface area (Å²) < 4.78 is 7.02. The van der Waals surface area contributed by atoms with E-state index in [1.54, 1.807) is 25.7 Å². The van der Waals surface area contributed by atoms with Crippen LogP contribution in [0.25, 0.3) is 5.52 Å². The number of rotatable bonds is 1. The lowest BCUT2D eigenvalue weighted by molar-refractivity contribution is 0.392. The molecule has 3 nitrogen and oxygen atoms in total. The minimum atomic E-state index is 0.697. The summed E-state index contributed by atoms with van der Waals surface area (Å²) in [4.78, 5) is 4.04. The van der Waals surface area contributed by atoms with Crippen molar-refractivity contribution in [3.05, 3.63) is 29.2 Å². The van der Waals surface area contributed by atoms with Crippen LogP contribution in [0.4, 0.5) is 0 Å². The van der Waals surface area contributed by atoms with Gasteiger partial charge in [0.15, 0.2) is 0 Å². The largest absolute Gasteiger partial charge is 0.482 e. The molecule has 2 rings (SSSR count). The van der Waals surface area contributed by atoms with Crippen molar-refractivity contribution in [2.75, 3.05) is 7.11 Å². The van der Waals surface area contributed by atoms with Gasteiger partial charge in [-0.3, -0.25) is 4.40 Å².